The van der Waals surface area contributed by atoms with Gasteiger partial charge in [-0.25, -0.2) is 9.97 Å². The Labute approximate surface area is 96.3 Å². The highest BCUT2D eigenvalue weighted by molar-refractivity contribution is 9.10. The molecule has 2 aromatic rings. The van der Waals surface area contributed by atoms with Crippen LogP contribution in [0.15, 0.2) is 29.1 Å². The maximum absolute atomic E-state index is 5.63. The standard InChI is InChI=1S/C10H11BrN4/c1-2-9-13-3-4-15(9)10-8(11)5-7(12)6-14-10/h3-6H,2,12H2,1H3. The molecule has 0 bridgehead atoms. The van der Waals surface area contributed by atoms with Gasteiger partial charge in [0, 0.05) is 18.8 Å². The average Bonchev–Trinajstić information content (AvgIpc) is 2.65. The Hall–Kier alpha value is -1.36. The van der Waals surface area contributed by atoms with Crippen molar-refractivity contribution in [1.29, 1.82) is 0 Å². The summed E-state index contributed by atoms with van der Waals surface area (Å²) in [5, 5.41) is 0. The summed E-state index contributed by atoms with van der Waals surface area (Å²) in [7, 11) is 0. The third-order valence-corrected chi connectivity index (χ3v) is 2.69. The Balaban J connectivity index is 2.54. The largest absolute Gasteiger partial charge is 0.397 e. The Morgan fingerprint density at radius 3 is 2.93 bits per heavy atom. The molecule has 0 radical (unpaired) electrons. The van der Waals surface area contributed by atoms with Gasteiger partial charge < -0.3 is 5.73 Å². The first kappa shape index (κ1) is 10.2. The number of imidazole rings is 1. The molecule has 0 spiro atoms. The zero-order chi connectivity index (χ0) is 10.8. The molecular formula is C10H11BrN4. The topological polar surface area (TPSA) is 56.7 Å². The fraction of sp³-hybridized carbons (Fsp3) is 0.200. The van der Waals surface area contributed by atoms with Gasteiger partial charge in [0.25, 0.3) is 0 Å². The zero-order valence-corrected chi connectivity index (χ0v) is 9.90. The molecule has 0 unspecified atom stereocenters. The number of aryl methyl sites for hydroxylation is 1. The van der Waals surface area contributed by atoms with Gasteiger partial charge in [0.2, 0.25) is 0 Å². The Kier molecular flexibility index (Phi) is 2.73. The normalized spacial score (nSPS) is 10.5. The van der Waals surface area contributed by atoms with Crippen LogP contribution in [0.25, 0.3) is 5.82 Å². The highest BCUT2D eigenvalue weighted by Gasteiger charge is 2.07. The van der Waals surface area contributed by atoms with Gasteiger partial charge in [-0.15, -0.1) is 0 Å². The summed E-state index contributed by atoms with van der Waals surface area (Å²) in [5.41, 5.74) is 6.28. The van der Waals surface area contributed by atoms with Gasteiger partial charge in [-0.3, -0.25) is 4.57 Å². The molecule has 0 aliphatic carbocycles. The van der Waals surface area contributed by atoms with Crippen LogP contribution in [0.4, 0.5) is 5.69 Å². The van der Waals surface area contributed by atoms with Crippen LogP contribution in [0, 0.1) is 0 Å². The number of rotatable bonds is 2. The molecule has 0 aliphatic heterocycles. The van der Waals surface area contributed by atoms with E-state index in [0.29, 0.717) is 5.69 Å². The van der Waals surface area contributed by atoms with Crippen LogP contribution >= 0.6 is 15.9 Å². The van der Waals surface area contributed by atoms with Crippen LogP contribution in [-0.2, 0) is 6.42 Å². The molecule has 5 heteroatoms. The molecule has 0 aromatic carbocycles. The lowest BCUT2D eigenvalue weighted by atomic mass is 10.4. The number of hydrogen-bond donors (Lipinski definition) is 1. The lowest BCUT2D eigenvalue weighted by Crippen LogP contribution is -2.03. The van der Waals surface area contributed by atoms with Crippen LogP contribution in [0.1, 0.15) is 12.7 Å². The van der Waals surface area contributed by atoms with E-state index in [4.69, 9.17) is 5.73 Å². The van der Waals surface area contributed by atoms with Crippen molar-refractivity contribution in [1.82, 2.24) is 14.5 Å². The van der Waals surface area contributed by atoms with Crippen molar-refractivity contribution in [3.63, 3.8) is 0 Å². The van der Waals surface area contributed by atoms with Crippen LogP contribution in [0.2, 0.25) is 0 Å². The first-order valence-electron chi connectivity index (χ1n) is 4.66. The van der Waals surface area contributed by atoms with Crippen molar-refractivity contribution in [2.45, 2.75) is 13.3 Å². The quantitative estimate of drug-likeness (QED) is 0.907. The molecule has 2 N–H and O–H groups in total. The van der Waals surface area contributed by atoms with E-state index in [9.17, 15) is 0 Å². The molecule has 0 atom stereocenters. The zero-order valence-electron chi connectivity index (χ0n) is 8.31. The number of aromatic nitrogens is 3. The molecular weight excluding hydrogens is 256 g/mol. The van der Waals surface area contributed by atoms with Crippen LogP contribution in [0.5, 0.6) is 0 Å². The van der Waals surface area contributed by atoms with E-state index in [2.05, 4.69) is 32.8 Å². The lowest BCUT2D eigenvalue weighted by Gasteiger charge is -2.07. The number of hydrogen-bond acceptors (Lipinski definition) is 3. The predicted octanol–water partition coefficient (Wildman–Crippen LogP) is 2.17. The molecule has 2 heterocycles. The lowest BCUT2D eigenvalue weighted by molar-refractivity contribution is 0.864. The van der Waals surface area contributed by atoms with Gasteiger partial charge in [0.05, 0.1) is 16.4 Å². The predicted molar refractivity (Wildman–Crippen MR) is 62.8 cm³/mol. The van der Waals surface area contributed by atoms with Crippen LogP contribution in [-0.4, -0.2) is 14.5 Å². The van der Waals surface area contributed by atoms with Gasteiger partial charge in [-0.1, -0.05) is 6.92 Å². The van der Waals surface area contributed by atoms with E-state index in [-0.39, 0.29) is 0 Å². The monoisotopic (exact) mass is 266 g/mol. The molecule has 0 saturated heterocycles. The molecule has 2 rings (SSSR count). The molecule has 0 saturated carbocycles. The fourth-order valence-corrected chi connectivity index (χ4v) is 1.97. The van der Waals surface area contributed by atoms with E-state index in [1.165, 1.54) is 0 Å². The van der Waals surface area contributed by atoms with Gasteiger partial charge >= 0.3 is 0 Å². The number of nitrogens with zero attached hydrogens (tertiary/aromatic N) is 3. The van der Waals surface area contributed by atoms with Crippen molar-refractivity contribution in [3.8, 4) is 5.82 Å². The van der Waals surface area contributed by atoms with E-state index < -0.39 is 0 Å². The summed E-state index contributed by atoms with van der Waals surface area (Å²) in [5.74, 6) is 1.80. The summed E-state index contributed by atoms with van der Waals surface area (Å²) < 4.78 is 2.82. The number of halogens is 1. The second-order valence-corrected chi connectivity index (χ2v) is 4.00. The summed E-state index contributed by atoms with van der Waals surface area (Å²) >= 11 is 3.44. The van der Waals surface area contributed by atoms with E-state index >= 15 is 0 Å². The maximum atomic E-state index is 5.63. The first-order chi connectivity index (χ1) is 7.22. The molecule has 4 nitrogen and oxygen atoms in total. The van der Waals surface area contributed by atoms with Crippen LogP contribution < -0.4 is 5.73 Å². The van der Waals surface area contributed by atoms with Crippen molar-refractivity contribution >= 4 is 21.6 Å². The molecule has 0 aliphatic rings. The van der Waals surface area contributed by atoms with E-state index in [0.717, 1.165) is 22.5 Å². The highest BCUT2D eigenvalue weighted by Crippen LogP contribution is 2.21. The molecule has 2 aromatic heterocycles. The third kappa shape index (κ3) is 1.87. The number of nitrogens with two attached hydrogens (primary N) is 1. The average molecular weight is 267 g/mol. The number of anilines is 1. The maximum Gasteiger partial charge on any atom is 0.152 e. The second-order valence-electron chi connectivity index (χ2n) is 3.14. The van der Waals surface area contributed by atoms with Gasteiger partial charge in [0.15, 0.2) is 5.82 Å². The number of pyridine rings is 1. The molecule has 78 valence electrons. The van der Waals surface area contributed by atoms with Crippen molar-refractivity contribution < 1.29 is 0 Å². The fourth-order valence-electron chi connectivity index (χ4n) is 1.41. The van der Waals surface area contributed by atoms with Crippen LogP contribution in [0.3, 0.4) is 0 Å². The van der Waals surface area contributed by atoms with Crippen molar-refractivity contribution in [2.24, 2.45) is 0 Å². The van der Waals surface area contributed by atoms with E-state index in [1.807, 2.05) is 16.8 Å². The molecule has 15 heavy (non-hydrogen) atoms. The van der Waals surface area contributed by atoms with E-state index in [1.54, 1.807) is 12.4 Å². The first-order valence-corrected chi connectivity index (χ1v) is 5.45. The minimum Gasteiger partial charge on any atom is -0.397 e. The highest BCUT2D eigenvalue weighted by atomic mass is 79.9. The number of nitrogen functional groups attached to an aromatic ring is 1. The van der Waals surface area contributed by atoms with Gasteiger partial charge in [-0.2, -0.15) is 0 Å². The second kappa shape index (κ2) is 4.02. The van der Waals surface area contributed by atoms with Gasteiger partial charge in [-0.05, 0) is 22.0 Å². The van der Waals surface area contributed by atoms with Crippen molar-refractivity contribution in [3.05, 3.63) is 35.0 Å². The molecule has 0 amide bonds. The minimum absolute atomic E-state index is 0.642. The smallest absolute Gasteiger partial charge is 0.152 e. The summed E-state index contributed by atoms with van der Waals surface area (Å²) in [6.45, 7) is 2.06. The minimum atomic E-state index is 0.642. The Bertz CT molecular complexity index is 478. The summed E-state index contributed by atoms with van der Waals surface area (Å²) in [4.78, 5) is 8.53. The summed E-state index contributed by atoms with van der Waals surface area (Å²) in [6.07, 6.45) is 6.16. The van der Waals surface area contributed by atoms with Gasteiger partial charge in [0.1, 0.15) is 5.82 Å². The SMILES string of the molecule is CCc1nccn1-c1ncc(N)cc1Br. The molecule has 0 fully saturated rings. The summed E-state index contributed by atoms with van der Waals surface area (Å²) in [6, 6.07) is 1.84. The Morgan fingerprint density at radius 1 is 1.47 bits per heavy atom. The third-order valence-electron chi connectivity index (χ3n) is 2.10. The Morgan fingerprint density at radius 2 is 2.27 bits per heavy atom. The van der Waals surface area contributed by atoms with Crippen molar-refractivity contribution in [2.75, 3.05) is 5.73 Å².